The molecule has 12 heavy (non-hydrogen) atoms. The SMILES string of the molecule is CCC(CC(F)(F)F)OC(=O)O. The van der Waals surface area contributed by atoms with Crippen molar-refractivity contribution in [3.05, 3.63) is 0 Å². The van der Waals surface area contributed by atoms with Crippen molar-refractivity contribution in [2.45, 2.75) is 32.0 Å². The van der Waals surface area contributed by atoms with E-state index >= 15 is 0 Å². The standard InChI is InChI=1S/C6H9F3O3/c1-2-4(12-5(10)11)3-6(7,8)9/h4H,2-3H2,1H3,(H,10,11). The van der Waals surface area contributed by atoms with Crippen molar-refractivity contribution in [3.8, 4) is 0 Å². The minimum absolute atomic E-state index is 0.0197. The summed E-state index contributed by atoms with van der Waals surface area (Å²) in [5, 5.41) is 8.02. The van der Waals surface area contributed by atoms with Crippen molar-refractivity contribution >= 4 is 6.16 Å². The molecular weight excluding hydrogens is 177 g/mol. The Morgan fingerprint density at radius 3 is 2.33 bits per heavy atom. The highest BCUT2D eigenvalue weighted by molar-refractivity contribution is 5.57. The third-order valence-electron chi connectivity index (χ3n) is 1.18. The fourth-order valence-corrected chi connectivity index (χ4v) is 0.670. The van der Waals surface area contributed by atoms with Crippen molar-refractivity contribution in [2.75, 3.05) is 0 Å². The summed E-state index contributed by atoms with van der Waals surface area (Å²) in [5.41, 5.74) is 0. The Balaban J connectivity index is 3.92. The Morgan fingerprint density at radius 1 is 1.58 bits per heavy atom. The molecule has 3 nitrogen and oxygen atoms in total. The highest BCUT2D eigenvalue weighted by Gasteiger charge is 2.32. The smallest absolute Gasteiger partial charge is 0.450 e. The molecule has 0 aliphatic heterocycles. The summed E-state index contributed by atoms with van der Waals surface area (Å²) < 4.78 is 39.0. The van der Waals surface area contributed by atoms with Crippen LogP contribution in [0.3, 0.4) is 0 Å². The number of hydrogen-bond donors (Lipinski definition) is 1. The summed E-state index contributed by atoms with van der Waals surface area (Å²) in [6.07, 6.45) is -8.55. The predicted octanol–water partition coefficient (Wildman–Crippen LogP) is 2.41. The topological polar surface area (TPSA) is 46.5 Å². The normalized spacial score (nSPS) is 14.0. The zero-order valence-electron chi connectivity index (χ0n) is 6.39. The van der Waals surface area contributed by atoms with Gasteiger partial charge in [0, 0.05) is 0 Å². The number of carboxylic acid groups (broad SMARTS) is 1. The van der Waals surface area contributed by atoms with Gasteiger partial charge in [-0.25, -0.2) is 4.79 Å². The number of carbonyl (C=O) groups is 1. The summed E-state index contributed by atoms with van der Waals surface area (Å²) in [4.78, 5) is 9.86. The van der Waals surface area contributed by atoms with Gasteiger partial charge in [-0.05, 0) is 6.42 Å². The van der Waals surface area contributed by atoms with Crippen LogP contribution in [-0.2, 0) is 4.74 Å². The van der Waals surface area contributed by atoms with Crippen LogP contribution in [0.2, 0.25) is 0 Å². The Hall–Kier alpha value is -0.940. The van der Waals surface area contributed by atoms with E-state index in [2.05, 4.69) is 4.74 Å². The van der Waals surface area contributed by atoms with E-state index in [1.807, 2.05) is 0 Å². The van der Waals surface area contributed by atoms with Crippen LogP contribution in [-0.4, -0.2) is 23.5 Å². The van der Waals surface area contributed by atoms with Gasteiger partial charge in [0.2, 0.25) is 0 Å². The maximum absolute atomic E-state index is 11.7. The lowest BCUT2D eigenvalue weighted by Crippen LogP contribution is -2.23. The Kier molecular flexibility index (Phi) is 3.85. The molecule has 0 aromatic heterocycles. The molecule has 6 heteroatoms. The Bertz CT molecular complexity index is 155. The van der Waals surface area contributed by atoms with Crippen LogP contribution in [0.1, 0.15) is 19.8 Å². The highest BCUT2D eigenvalue weighted by Crippen LogP contribution is 2.24. The molecule has 0 aromatic carbocycles. The molecule has 0 aliphatic rings. The lowest BCUT2D eigenvalue weighted by molar-refractivity contribution is -0.155. The first kappa shape index (κ1) is 11.1. The minimum Gasteiger partial charge on any atom is -0.450 e. The van der Waals surface area contributed by atoms with Crippen molar-refractivity contribution in [2.24, 2.45) is 0 Å². The van der Waals surface area contributed by atoms with Crippen LogP contribution in [0.5, 0.6) is 0 Å². The lowest BCUT2D eigenvalue weighted by Gasteiger charge is -2.15. The fraction of sp³-hybridized carbons (Fsp3) is 0.833. The highest BCUT2D eigenvalue weighted by atomic mass is 19.4. The van der Waals surface area contributed by atoms with E-state index in [0.29, 0.717) is 0 Å². The van der Waals surface area contributed by atoms with E-state index in [0.717, 1.165) is 0 Å². The summed E-state index contributed by atoms with van der Waals surface area (Å²) in [5.74, 6) is 0. The van der Waals surface area contributed by atoms with E-state index in [4.69, 9.17) is 5.11 Å². The number of alkyl halides is 3. The average molecular weight is 186 g/mol. The summed E-state index contributed by atoms with van der Waals surface area (Å²) in [7, 11) is 0. The van der Waals surface area contributed by atoms with E-state index in [-0.39, 0.29) is 6.42 Å². The van der Waals surface area contributed by atoms with Crippen LogP contribution in [0.25, 0.3) is 0 Å². The molecule has 0 rings (SSSR count). The molecule has 0 fully saturated rings. The molecule has 0 heterocycles. The van der Waals surface area contributed by atoms with Gasteiger partial charge in [0.05, 0.1) is 6.42 Å². The van der Waals surface area contributed by atoms with E-state index < -0.39 is 24.9 Å². The van der Waals surface area contributed by atoms with Gasteiger partial charge in [0.25, 0.3) is 0 Å². The van der Waals surface area contributed by atoms with E-state index in [1.54, 1.807) is 0 Å². The molecule has 0 saturated carbocycles. The zero-order valence-corrected chi connectivity index (χ0v) is 6.39. The number of hydrogen-bond acceptors (Lipinski definition) is 2. The van der Waals surface area contributed by atoms with Crippen molar-refractivity contribution in [3.63, 3.8) is 0 Å². The van der Waals surface area contributed by atoms with Gasteiger partial charge in [-0.3, -0.25) is 0 Å². The maximum Gasteiger partial charge on any atom is 0.506 e. The molecule has 72 valence electrons. The fourth-order valence-electron chi connectivity index (χ4n) is 0.670. The Labute approximate surface area is 67.1 Å². The van der Waals surface area contributed by atoms with E-state index in [1.165, 1.54) is 6.92 Å². The molecule has 0 amide bonds. The second-order valence-electron chi connectivity index (χ2n) is 2.23. The molecule has 0 aliphatic carbocycles. The van der Waals surface area contributed by atoms with Crippen molar-refractivity contribution in [1.29, 1.82) is 0 Å². The van der Waals surface area contributed by atoms with Crippen molar-refractivity contribution < 1.29 is 27.8 Å². The molecule has 1 unspecified atom stereocenters. The largest absolute Gasteiger partial charge is 0.506 e. The molecule has 1 atom stereocenters. The Morgan fingerprint density at radius 2 is 2.08 bits per heavy atom. The number of halogens is 3. The summed E-state index contributed by atoms with van der Waals surface area (Å²) in [6.45, 7) is 1.43. The third-order valence-corrected chi connectivity index (χ3v) is 1.18. The molecule has 0 spiro atoms. The van der Waals surface area contributed by atoms with Gasteiger partial charge in [-0.1, -0.05) is 6.92 Å². The zero-order chi connectivity index (χ0) is 9.78. The second-order valence-corrected chi connectivity index (χ2v) is 2.23. The molecular formula is C6H9F3O3. The average Bonchev–Trinajstić information content (AvgIpc) is 1.82. The third kappa shape index (κ3) is 5.82. The maximum atomic E-state index is 11.7. The lowest BCUT2D eigenvalue weighted by atomic mass is 10.2. The number of rotatable bonds is 3. The van der Waals surface area contributed by atoms with Crippen molar-refractivity contribution in [1.82, 2.24) is 0 Å². The van der Waals surface area contributed by atoms with Crippen LogP contribution < -0.4 is 0 Å². The van der Waals surface area contributed by atoms with Crippen LogP contribution in [0.15, 0.2) is 0 Å². The molecule has 0 saturated heterocycles. The molecule has 1 N–H and O–H groups in total. The van der Waals surface area contributed by atoms with Gasteiger partial charge in [0.15, 0.2) is 0 Å². The van der Waals surface area contributed by atoms with Crippen LogP contribution in [0.4, 0.5) is 18.0 Å². The first-order valence-corrected chi connectivity index (χ1v) is 3.31. The minimum atomic E-state index is -4.38. The van der Waals surface area contributed by atoms with Crippen LogP contribution in [0, 0.1) is 0 Å². The molecule has 0 aromatic rings. The predicted molar refractivity (Wildman–Crippen MR) is 33.9 cm³/mol. The van der Waals surface area contributed by atoms with Crippen LogP contribution >= 0.6 is 0 Å². The first-order valence-electron chi connectivity index (χ1n) is 3.31. The monoisotopic (exact) mass is 186 g/mol. The summed E-state index contributed by atoms with van der Waals surface area (Å²) in [6, 6.07) is 0. The van der Waals surface area contributed by atoms with Gasteiger partial charge in [0.1, 0.15) is 6.10 Å². The quantitative estimate of drug-likeness (QED) is 0.688. The first-order chi connectivity index (χ1) is 5.35. The number of ether oxygens (including phenoxy) is 1. The molecule has 0 bridgehead atoms. The molecule has 0 radical (unpaired) electrons. The van der Waals surface area contributed by atoms with Gasteiger partial charge < -0.3 is 9.84 Å². The van der Waals surface area contributed by atoms with E-state index in [9.17, 15) is 18.0 Å². The van der Waals surface area contributed by atoms with Gasteiger partial charge in [-0.2, -0.15) is 13.2 Å². The van der Waals surface area contributed by atoms with Gasteiger partial charge in [-0.15, -0.1) is 0 Å². The second kappa shape index (κ2) is 4.18. The summed E-state index contributed by atoms with van der Waals surface area (Å²) >= 11 is 0. The van der Waals surface area contributed by atoms with Gasteiger partial charge >= 0.3 is 12.3 Å².